The molecule has 2 heterocycles. The van der Waals surface area contributed by atoms with E-state index in [9.17, 15) is 4.79 Å². The van der Waals surface area contributed by atoms with E-state index < -0.39 is 6.09 Å². The van der Waals surface area contributed by atoms with Crippen LogP contribution in [0.15, 0.2) is 29.4 Å². The van der Waals surface area contributed by atoms with Crippen LogP contribution in [0.5, 0.6) is 0 Å². The van der Waals surface area contributed by atoms with E-state index in [4.69, 9.17) is 15.3 Å². The number of likely N-dealkylation sites (tertiary alicyclic amines) is 1. The van der Waals surface area contributed by atoms with Crippen LogP contribution in [-0.2, 0) is 16.2 Å². The molecular weight excluding hydrogens is 416 g/mol. The number of para-hydroxylation sites is 1. The van der Waals surface area contributed by atoms with Crippen molar-refractivity contribution in [3.63, 3.8) is 0 Å². The molecule has 33 heavy (non-hydrogen) atoms. The molecule has 1 aliphatic heterocycles. The first-order chi connectivity index (χ1) is 16.0. The second kappa shape index (κ2) is 10.6. The molecule has 2 aliphatic rings. The normalized spacial score (nSPS) is 22.9. The van der Waals surface area contributed by atoms with Crippen molar-refractivity contribution in [1.82, 2.24) is 9.47 Å². The number of carbonyl (C=O) groups is 1. The van der Waals surface area contributed by atoms with Crippen molar-refractivity contribution >= 4 is 23.2 Å². The van der Waals surface area contributed by atoms with E-state index in [0.717, 1.165) is 66.0 Å². The lowest BCUT2D eigenvalue weighted by atomic mass is 9.79. The molecule has 0 unspecified atom stereocenters. The topological polar surface area (TPSA) is 82.1 Å². The van der Waals surface area contributed by atoms with Crippen LogP contribution in [0.25, 0.3) is 10.9 Å². The molecule has 1 aromatic heterocycles. The molecule has 2 aromatic rings. The van der Waals surface area contributed by atoms with E-state index in [2.05, 4.69) is 46.7 Å². The molecule has 1 saturated carbocycles. The predicted octanol–water partition coefficient (Wildman–Crippen LogP) is 5.07. The molecule has 1 aliphatic carbocycles. The van der Waals surface area contributed by atoms with Gasteiger partial charge in [0, 0.05) is 41.6 Å². The second-order valence-electron chi connectivity index (χ2n) is 9.85. The molecule has 7 nitrogen and oxygen atoms in total. The molecule has 2 N–H and O–H groups in total. The average molecular weight is 455 g/mol. The largest absolute Gasteiger partial charge is 0.443 e. The standard InChI is InChI=1S/C26H38N4O3/c1-18(2)19-8-10-20(11-9-19)29-14-12-21(13-15-29)30-24-7-5-4-6-22(24)23(16-28-32-3)25(30)17-33-26(27)31/h4-7,16,18-21H,8-15,17H2,1-3H3,(H2,27,31)/b28-16-. The van der Waals surface area contributed by atoms with Gasteiger partial charge in [-0.25, -0.2) is 4.79 Å². The number of piperidine rings is 1. The summed E-state index contributed by atoms with van der Waals surface area (Å²) in [5.74, 6) is 1.70. The zero-order valence-corrected chi connectivity index (χ0v) is 20.2. The minimum Gasteiger partial charge on any atom is -0.443 e. The molecule has 0 atom stereocenters. The van der Waals surface area contributed by atoms with E-state index in [1.54, 1.807) is 6.21 Å². The Morgan fingerprint density at radius 2 is 1.82 bits per heavy atom. The summed E-state index contributed by atoms with van der Waals surface area (Å²) in [7, 11) is 1.53. The quantitative estimate of drug-likeness (QED) is 0.468. The van der Waals surface area contributed by atoms with Crippen LogP contribution < -0.4 is 5.73 Å². The Kier molecular flexibility index (Phi) is 7.58. The van der Waals surface area contributed by atoms with Crippen LogP contribution >= 0.6 is 0 Å². The number of oxime groups is 1. The zero-order chi connectivity index (χ0) is 23.4. The molecule has 7 heteroatoms. The smallest absolute Gasteiger partial charge is 0.404 e. The van der Waals surface area contributed by atoms with Gasteiger partial charge >= 0.3 is 6.09 Å². The summed E-state index contributed by atoms with van der Waals surface area (Å²) >= 11 is 0. The van der Waals surface area contributed by atoms with E-state index in [0.29, 0.717) is 6.04 Å². The number of hydrogen-bond acceptors (Lipinski definition) is 5. The van der Waals surface area contributed by atoms with Crippen LogP contribution in [0.1, 0.15) is 69.7 Å². The van der Waals surface area contributed by atoms with Crippen molar-refractivity contribution in [2.45, 2.75) is 71.1 Å². The number of ether oxygens (including phenoxy) is 1. The summed E-state index contributed by atoms with van der Waals surface area (Å²) in [6, 6.07) is 9.35. The highest BCUT2D eigenvalue weighted by Gasteiger charge is 2.32. The third-order valence-electron chi connectivity index (χ3n) is 7.76. The molecule has 0 bridgehead atoms. The highest BCUT2D eigenvalue weighted by atomic mass is 16.6. The first-order valence-corrected chi connectivity index (χ1v) is 12.3. The Balaban J connectivity index is 1.55. The van der Waals surface area contributed by atoms with Gasteiger partial charge in [0.2, 0.25) is 0 Å². The van der Waals surface area contributed by atoms with Crippen molar-refractivity contribution in [2.24, 2.45) is 22.7 Å². The molecule has 1 amide bonds. The van der Waals surface area contributed by atoms with E-state index >= 15 is 0 Å². The number of nitrogens with zero attached hydrogens (tertiary/aromatic N) is 3. The number of rotatable bonds is 7. The lowest BCUT2D eigenvalue weighted by molar-refractivity contribution is 0.0876. The number of aromatic nitrogens is 1. The summed E-state index contributed by atoms with van der Waals surface area (Å²) in [6.45, 7) is 7.05. The van der Waals surface area contributed by atoms with Crippen LogP contribution in [-0.4, -0.2) is 48.0 Å². The second-order valence-corrected chi connectivity index (χ2v) is 9.85. The average Bonchev–Trinajstić information content (AvgIpc) is 3.14. The van der Waals surface area contributed by atoms with Gasteiger partial charge in [0.15, 0.2) is 0 Å². The number of amides is 1. The molecule has 0 spiro atoms. The Hall–Kier alpha value is -2.54. The third kappa shape index (κ3) is 5.18. The monoisotopic (exact) mass is 454 g/mol. The molecule has 1 saturated heterocycles. The van der Waals surface area contributed by atoms with Gasteiger partial charge in [0.1, 0.15) is 13.7 Å². The fourth-order valence-corrected chi connectivity index (χ4v) is 5.94. The van der Waals surface area contributed by atoms with Crippen LogP contribution in [0.2, 0.25) is 0 Å². The molecule has 1 aromatic carbocycles. The molecule has 0 radical (unpaired) electrons. The Morgan fingerprint density at radius 1 is 1.12 bits per heavy atom. The van der Waals surface area contributed by atoms with Gasteiger partial charge in [-0.15, -0.1) is 0 Å². The maximum atomic E-state index is 11.4. The first kappa shape index (κ1) is 23.6. The van der Waals surface area contributed by atoms with Gasteiger partial charge in [-0.05, 0) is 56.4 Å². The highest BCUT2D eigenvalue weighted by Crippen LogP contribution is 2.37. The number of benzene rings is 1. The molecule has 180 valence electrons. The minimum atomic E-state index is -0.770. The molecule has 4 rings (SSSR count). The Bertz CT molecular complexity index is 967. The maximum absolute atomic E-state index is 11.4. The maximum Gasteiger partial charge on any atom is 0.404 e. The first-order valence-electron chi connectivity index (χ1n) is 12.3. The summed E-state index contributed by atoms with van der Waals surface area (Å²) in [6.07, 6.45) is 8.47. The molecular formula is C26H38N4O3. The summed E-state index contributed by atoms with van der Waals surface area (Å²) in [5.41, 5.74) is 8.28. The number of nitrogens with two attached hydrogens (primary N) is 1. The number of primary amides is 1. The Morgan fingerprint density at radius 3 is 2.45 bits per heavy atom. The van der Waals surface area contributed by atoms with Crippen LogP contribution in [0, 0.1) is 11.8 Å². The summed E-state index contributed by atoms with van der Waals surface area (Å²) < 4.78 is 7.61. The van der Waals surface area contributed by atoms with E-state index in [1.165, 1.54) is 32.8 Å². The Labute approximate surface area is 196 Å². The number of hydrogen-bond donors (Lipinski definition) is 1. The van der Waals surface area contributed by atoms with Gasteiger partial charge in [-0.2, -0.15) is 0 Å². The van der Waals surface area contributed by atoms with E-state index in [-0.39, 0.29) is 6.61 Å². The van der Waals surface area contributed by atoms with Crippen molar-refractivity contribution in [3.8, 4) is 0 Å². The van der Waals surface area contributed by atoms with E-state index in [1.807, 2.05) is 6.07 Å². The fourth-order valence-electron chi connectivity index (χ4n) is 5.94. The van der Waals surface area contributed by atoms with Crippen LogP contribution in [0.4, 0.5) is 4.79 Å². The number of carbonyl (C=O) groups excluding carboxylic acids is 1. The van der Waals surface area contributed by atoms with Gasteiger partial charge < -0.3 is 24.8 Å². The zero-order valence-electron chi connectivity index (χ0n) is 20.2. The summed E-state index contributed by atoms with van der Waals surface area (Å²) in [5, 5.41) is 5.09. The van der Waals surface area contributed by atoms with Gasteiger partial charge in [-0.3, -0.25) is 0 Å². The third-order valence-corrected chi connectivity index (χ3v) is 7.76. The van der Waals surface area contributed by atoms with Gasteiger partial charge in [-0.1, -0.05) is 37.2 Å². The van der Waals surface area contributed by atoms with Gasteiger partial charge in [0.25, 0.3) is 0 Å². The van der Waals surface area contributed by atoms with Crippen molar-refractivity contribution in [1.29, 1.82) is 0 Å². The predicted molar refractivity (Wildman–Crippen MR) is 131 cm³/mol. The lowest BCUT2D eigenvalue weighted by Crippen LogP contribution is -2.44. The molecule has 2 fully saturated rings. The SMILES string of the molecule is CO/N=C\c1c(COC(N)=O)n(C2CCN(C3CCC(C(C)C)CC3)CC2)c2ccccc12. The minimum absolute atomic E-state index is 0.120. The number of fused-ring (bicyclic) bond motifs is 1. The van der Waals surface area contributed by atoms with Crippen molar-refractivity contribution < 1.29 is 14.4 Å². The highest BCUT2D eigenvalue weighted by molar-refractivity contribution is 6.01. The van der Waals surface area contributed by atoms with Crippen molar-refractivity contribution in [2.75, 3.05) is 20.2 Å². The summed E-state index contributed by atoms with van der Waals surface area (Å²) in [4.78, 5) is 19.1. The van der Waals surface area contributed by atoms with Crippen molar-refractivity contribution in [3.05, 3.63) is 35.5 Å². The lowest BCUT2D eigenvalue weighted by Gasteiger charge is -2.42. The fraction of sp³-hybridized carbons (Fsp3) is 0.615. The van der Waals surface area contributed by atoms with Crippen LogP contribution in [0.3, 0.4) is 0 Å². The van der Waals surface area contributed by atoms with Gasteiger partial charge in [0.05, 0.1) is 11.9 Å².